The number of carbonyl (C=O) groups excluding carboxylic acids is 2. The molecule has 1 atom stereocenters. The SMILES string of the molecule is CC(=O)Nc1ccccc1NC(=O)CN[C@H]1CCCN(Cc2ccccc2)C1. The maximum absolute atomic E-state index is 12.4. The highest BCUT2D eigenvalue weighted by molar-refractivity contribution is 5.99. The number of rotatable bonds is 7. The number of amides is 2. The van der Waals surface area contributed by atoms with Crippen LogP contribution in [-0.2, 0) is 16.1 Å². The van der Waals surface area contributed by atoms with Crippen LogP contribution < -0.4 is 16.0 Å². The fourth-order valence-electron chi connectivity index (χ4n) is 3.53. The van der Waals surface area contributed by atoms with Gasteiger partial charge in [0.25, 0.3) is 0 Å². The first kappa shape index (κ1) is 20.0. The van der Waals surface area contributed by atoms with Gasteiger partial charge in [0.15, 0.2) is 0 Å². The lowest BCUT2D eigenvalue weighted by Crippen LogP contribution is -2.47. The van der Waals surface area contributed by atoms with Crippen molar-refractivity contribution >= 4 is 23.2 Å². The van der Waals surface area contributed by atoms with Crippen LogP contribution in [0.4, 0.5) is 11.4 Å². The van der Waals surface area contributed by atoms with Gasteiger partial charge in [0.2, 0.25) is 11.8 Å². The lowest BCUT2D eigenvalue weighted by molar-refractivity contribution is -0.116. The topological polar surface area (TPSA) is 73.5 Å². The van der Waals surface area contributed by atoms with E-state index in [1.165, 1.54) is 12.5 Å². The van der Waals surface area contributed by atoms with Gasteiger partial charge in [-0.15, -0.1) is 0 Å². The second kappa shape index (κ2) is 10.0. The highest BCUT2D eigenvalue weighted by atomic mass is 16.2. The quantitative estimate of drug-likeness (QED) is 0.691. The number of nitrogens with one attached hydrogen (secondary N) is 3. The van der Waals surface area contributed by atoms with Crippen molar-refractivity contribution in [2.75, 3.05) is 30.3 Å². The van der Waals surface area contributed by atoms with Gasteiger partial charge in [0, 0.05) is 26.1 Å². The van der Waals surface area contributed by atoms with Crippen LogP contribution in [-0.4, -0.2) is 42.4 Å². The van der Waals surface area contributed by atoms with Crippen LogP contribution in [0.15, 0.2) is 54.6 Å². The molecule has 2 aromatic carbocycles. The highest BCUT2D eigenvalue weighted by Gasteiger charge is 2.20. The molecule has 6 heteroatoms. The number of nitrogens with zero attached hydrogens (tertiary/aromatic N) is 1. The van der Waals surface area contributed by atoms with Gasteiger partial charge in [-0.3, -0.25) is 14.5 Å². The molecule has 148 valence electrons. The Morgan fingerprint density at radius 3 is 2.39 bits per heavy atom. The molecule has 0 aliphatic carbocycles. The predicted octanol–water partition coefficient (Wildman–Crippen LogP) is 2.84. The zero-order chi connectivity index (χ0) is 19.8. The Morgan fingerprint density at radius 2 is 1.68 bits per heavy atom. The minimum absolute atomic E-state index is 0.113. The summed E-state index contributed by atoms with van der Waals surface area (Å²) in [4.78, 5) is 26.1. The minimum Gasteiger partial charge on any atom is -0.325 e. The molecule has 0 radical (unpaired) electrons. The van der Waals surface area contributed by atoms with Crippen LogP contribution in [0, 0.1) is 0 Å². The van der Waals surface area contributed by atoms with Crippen molar-refractivity contribution in [3.8, 4) is 0 Å². The van der Waals surface area contributed by atoms with E-state index >= 15 is 0 Å². The van der Waals surface area contributed by atoms with Crippen LogP contribution in [0.3, 0.4) is 0 Å². The molecule has 2 aromatic rings. The molecule has 1 aliphatic rings. The molecule has 1 fully saturated rings. The molecule has 1 heterocycles. The van der Waals surface area contributed by atoms with Crippen LogP contribution >= 0.6 is 0 Å². The number of carbonyl (C=O) groups is 2. The fourth-order valence-corrected chi connectivity index (χ4v) is 3.53. The number of benzene rings is 2. The summed E-state index contributed by atoms with van der Waals surface area (Å²) in [6.07, 6.45) is 2.19. The molecule has 1 saturated heterocycles. The van der Waals surface area contributed by atoms with Gasteiger partial charge in [-0.25, -0.2) is 0 Å². The van der Waals surface area contributed by atoms with Crippen LogP contribution in [0.5, 0.6) is 0 Å². The van der Waals surface area contributed by atoms with Crippen molar-refractivity contribution in [3.05, 3.63) is 60.2 Å². The van der Waals surface area contributed by atoms with Gasteiger partial charge < -0.3 is 16.0 Å². The van der Waals surface area contributed by atoms with Crippen molar-refractivity contribution in [1.82, 2.24) is 10.2 Å². The van der Waals surface area contributed by atoms with Crippen molar-refractivity contribution < 1.29 is 9.59 Å². The predicted molar refractivity (Wildman–Crippen MR) is 112 cm³/mol. The smallest absolute Gasteiger partial charge is 0.238 e. The number of likely N-dealkylation sites (tertiary alicyclic amines) is 1. The van der Waals surface area contributed by atoms with Crippen molar-refractivity contribution in [2.45, 2.75) is 32.4 Å². The lowest BCUT2D eigenvalue weighted by Gasteiger charge is -2.33. The monoisotopic (exact) mass is 380 g/mol. The molecular weight excluding hydrogens is 352 g/mol. The number of anilines is 2. The molecule has 3 rings (SSSR count). The van der Waals surface area contributed by atoms with Crippen molar-refractivity contribution in [2.24, 2.45) is 0 Å². The first-order chi connectivity index (χ1) is 13.6. The molecule has 0 spiro atoms. The molecule has 0 aromatic heterocycles. The summed E-state index contributed by atoms with van der Waals surface area (Å²) >= 11 is 0. The van der Waals surface area contributed by atoms with E-state index in [2.05, 4.69) is 45.1 Å². The lowest BCUT2D eigenvalue weighted by atomic mass is 10.0. The average Bonchev–Trinajstić information content (AvgIpc) is 2.69. The van der Waals surface area contributed by atoms with Gasteiger partial charge in [-0.05, 0) is 37.1 Å². The fraction of sp³-hybridized carbons (Fsp3) is 0.364. The van der Waals surface area contributed by atoms with Gasteiger partial charge >= 0.3 is 0 Å². The van der Waals surface area contributed by atoms with E-state index in [9.17, 15) is 9.59 Å². The molecule has 1 aliphatic heterocycles. The second-order valence-corrected chi connectivity index (χ2v) is 7.22. The summed E-state index contributed by atoms with van der Waals surface area (Å²) in [5, 5.41) is 8.99. The van der Waals surface area contributed by atoms with Crippen LogP contribution in [0.2, 0.25) is 0 Å². The van der Waals surface area contributed by atoms with E-state index in [0.717, 1.165) is 32.5 Å². The number of hydrogen-bond acceptors (Lipinski definition) is 4. The molecule has 2 amide bonds. The average molecular weight is 380 g/mol. The zero-order valence-corrected chi connectivity index (χ0v) is 16.3. The van der Waals surface area contributed by atoms with Gasteiger partial charge in [-0.2, -0.15) is 0 Å². The van der Waals surface area contributed by atoms with Gasteiger partial charge in [0.05, 0.1) is 17.9 Å². The molecule has 0 bridgehead atoms. The Hall–Kier alpha value is -2.70. The Labute approximate surface area is 166 Å². The van der Waals surface area contributed by atoms with Crippen LogP contribution in [0.1, 0.15) is 25.3 Å². The molecule has 0 saturated carbocycles. The van der Waals surface area contributed by atoms with Crippen molar-refractivity contribution in [1.29, 1.82) is 0 Å². The standard InChI is InChI=1S/C22H28N4O2/c1-17(27)24-20-11-5-6-12-21(20)25-22(28)14-23-19-10-7-13-26(16-19)15-18-8-3-2-4-9-18/h2-6,8-9,11-12,19,23H,7,10,13-16H2,1H3,(H,24,27)(H,25,28)/t19-/m0/s1. The Morgan fingerprint density at radius 1 is 1.00 bits per heavy atom. The third kappa shape index (κ3) is 6.18. The van der Waals surface area contributed by atoms with Gasteiger partial charge in [-0.1, -0.05) is 42.5 Å². The summed E-state index contributed by atoms with van der Waals surface area (Å²) < 4.78 is 0. The van der Waals surface area contributed by atoms with Crippen molar-refractivity contribution in [3.63, 3.8) is 0 Å². The van der Waals surface area contributed by atoms with E-state index in [1.807, 2.05) is 18.2 Å². The zero-order valence-electron chi connectivity index (χ0n) is 16.3. The Balaban J connectivity index is 1.47. The van der Waals surface area contributed by atoms with E-state index in [0.29, 0.717) is 17.4 Å². The highest BCUT2D eigenvalue weighted by Crippen LogP contribution is 2.20. The molecule has 6 nitrogen and oxygen atoms in total. The molecule has 0 unspecified atom stereocenters. The maximum Gasteiger partial charge on any atom is 0.238 e. The van der Waals surface area contributed by atoms with E-state index in [4.69, 9.17) is 0 Å². The molecule has 3 N–H and O–H groups in total. The number of hydrogen-bond donors (Lipinski definition) is 3. The normalized spacial score (nSPS) is 17.1. The minimum atomic E-state index is -0.166. The molecule has 28 heavy (non-hydrogen) atoms. The second-order valence-electron chi connectivity index (χ2n) is 7.22. The summed E-state index contributed by atoms with van der Waals surface area (Å²) in [7, 11) is 0. The third-order valence-corrected chi connectivity index (χ3v) is 4.82. The number of piperidine rings is 1. The van der Waals surface area contributed by atoms with E-state index < -0.39 is 0 Å². The summed E-state index contributed by atoms with van der Waals surface area (Å²) in [5.74, 6) is -0.279. The first-order valence-electron chi connectivity index (χ1n) is 9.76. The summed E-state index contributed by atoms with van der Waals surface area (Å²) in [6, 6.07) is 18.0. The largest absolute Gasteiger partial charge is 0.325 e. The summed E-state index contributed by atoms with van der Waals surface area (Å²) in [6.45, 7) is 4.66. The third-order valence-electron chi connectivity index (χ3n) is 4.82. The summed E-state index contributed by atoms with van der Waals surface area (Å²) in [5.41, 5.74) is 2.53. The van der Waals surface area contributed by atoms with Crippen LogP contribution in [0.25, 0.3) is 0 Å². The molecular formula is C22H28N4O2. The van der Waals surface area contributed by atoms with E-state index in [1.54, 1.807) is 12.1 Å². The first-order valence-corrected chi connectivity index (χ1v) is 9.76. The maximum atomic E-state index is 12.4. The Bertz CT molecular complexity index is 794. The van der Waals surface area contributed by atoms with E-state index in [-0.39, 0.29) is 18.4 Å². The number of para-hydroxylation sites is 2. The van der Waals surface area contributed by atoms with Gasteiger partial charge in [0.1, 0.15) is 0 Å². The Kier molecular flexibility index (Phi) is 7.17.